The van der Waals surface area contributed by atoms with Gasteiger partial charge in [-0.05, 0) is 48.7 Å². The van der Waals surface area contributed by atoms with E-state index in [4.69, 9.17) is 16.6 Å². The van der Waals surface area contributed by atoms with Crippen LogP contribution < -0.4 is 10.9 Å². The number of carbonyl (C=O) groups is 2. The van der Waals surface area contributed by atoms with Crippen LogP contribution in [-0.4, -0.2) is 27.1 Å². The van der Waals surface area contributed by atoms with Gasteiger partial charge in [-0.15, -0.1) is 11.3 Å². The first-order valence-corrected chi connectivity index (χ1v) is 10.7. The molecule has 0 spiro atoms. The summed E-state index contributed by atoms with van der Waals surface area (Å²) in [7, 11) is 0. The lowest BCUT2D eigenvalue weighted by molar-refractivity contribution is -0.129. The molecule has 1 fully saturated rings. The summed E-state index contributed by atoms with van der Waals surface area (Å²) >= 11 is 8.05. The number of amides is 2. The molecule has 9 heteroatoms. The molecule has 0 bridgehead atoms. The standard InChI is InChI=1S/C20H14N2O4S3/c1-11(22-19(25)16(29-20(22)27)10-14-3-2-8-28-14)18(24)21-13-5-6-15-12(9-13)4-7-17(23)26-15/h2-11H,1H3,(H,21,24). The Morgan fingerprint density at radius 2 is 2.07 bits per heavy atom. The van der Waals surface area contributed by atoms with Crippen molar-refractivity contribution in [1.29, 1.82) is 0 Å². The number of nitrogens with zero attached hydrogens (tertiary/aromatic N) is 1. The van der Waals surface area contributed by atoms with Crippen molar-refractivity contribution in [2.24, 2.45) is 0 Å². The average molecular weight is 443 g/mol. The normalized spacial score (nSPS) is 16.6. The van der Waals surface area contributed by atoms with E-state index in [0.29, 0.717) is 25.9 Å². The van der Waals surface area contributed by atoms with Crippen molar-refractivity contribution in [3.63, 3.8) is 0 Å². The summed E-state index contributed by atoms with van der Waals surface area (Å²) in [5, 5.41) is 5.40. The lowest BCUT2D eigenvalue weighted by atomic mass is 10.2. The number of rotatable bonds is 4. The molecule has 0 saturated carbocycles. The highest BCUT2D eigenvalue weighted by molar-refractivity contribution is 8.26. The fourth-order valence-electron chi connectivity index (χ4n) is 2.83. The Bertz CT molecular complexity index is 1210. The summed E-state index contributed by atoms with van der Waals surface area (Å²) in [5.74, 6) is -0.647. The van der Waals surface area contributed by atoms with Crippen LogP contribution in [-0.2, 0) is 9.59 Å². The molecule has 146 valence electrons. The van der Waals surface area contributed by atoms with Gasteiger partial charge < -0.3 is 9.73 Å². The third kappa shape index (κ3) is 4.02. The van der Waals surface area contributed by atoms with Crippen LogP contribution in [0.2, 0.25) is 0 Å². The monoisotopic (exact) mass is 442 g/mol. The molecule has 1 atom stereocenters. The summed E-state index contributed by atoms with van der Waals surface area (Å²) in [6, 6.07) is 10.9. The molecular weight excluding hydrogens is 428 g/mol. The highest BCUT2D eigenvalue weighted by atomic mass is 32.2. The zero-order valence-electron chi connectivity index (χ0n) is 15.1. The first-order chi connectivity index (χ1) is 13.9. The van der Waals surface area contributed by atoms with Crippen molar-refractivity contribution in [1.82, 2.24) is 4.90 Å². The average Bonchev–Trinajstić information content (AvgIpc) is 3.29. The Hall–Kier alpha value is -2.75. The molecule has 2 aromatic heterocycles. The van der Waals surface area contributed by atoms with Crippen LogP contribution >= 0.6 is 35.3 Å². The van der Waals surface area contributed by atoms with Crippen molar-refractivity contribution in [2.45, 2.75) is 13.0 Å². The Morgan fingerprint density at radius 3 is 2.83 bits per heavy atom. The number of thiocarbonyl (C=S) groups is 1. The van der Waals surface area contributed by atoms with E-state index < -0.39 is 11.7 Å². The van der Waals surface area contributed by atoms with E-state index in [1.807, 2.05) is 17.5 Å². The molecule has 3 heterocycles. The number of hydrogen-bond donors (Lipinski definition) is 1. The van der Waals surface area contributed by atoms with Gasteiger partial charge in [-0.1, -0.05) is 30.0 Å². The summed E-state index contributed by atoms with van der Waals surface area (Å²) in [4.78, 5) is 39.6. The fraction of sp³-hybridized carbons (Fsp3) is 0.100. The minimum absolute atomic E-state index is 0.281. The number of nitrogens with one attached hydrogen (secondary N) is 1. The second-order valence-electron chi connectivity index (χ2n) is 6.24. The second-order valence-corrected chi connectivity index (χ2v) is 8.89. The third-order valence-electron chi connectivity index (χ3n) is 4.29. The molecule has 6 nitrogen and oxygen atoms in total. The summed E-state index contributed by atoms with van der Waals surface area (Å²) in [6.45, 7) is 1.63. The van der Waals surface area contributed by atoms with Gasteiger partial charge in [0.15, 0.2) is 0 Å². The summed E-state index contributed by atoms with van der Waals surface area (Å²) in [6.07, 6.45) is 1.78. The molecule has 4 rings (SSSR count). The highest BCUT2D eigenvalue weighted by Crippen LogP contribution is 2.34. The van der Waals surface area contributed by atoms with Gasteiger partial charge in [0.25, 0.3) is 5.91 Å². The maximum atomic E-state index is 12.8. The maximum absolute atomic E-state index is 12.8. The number of anilines is 1. The predicted octanol–water partition coefficient (Wildman–Crippen LogP) is 4.08. The first-order valence-electron chi connectivity index (χ1n) is 8.58. The number of carbonyl (C=O) groups excluding carboxylic acids is 2. The zero-order chi connectivity index (χ0) is 20.5. The van der Waals surface area contributed by atoms with Crippen LogP contribution in [0.3, 0.4) is 0 Å². The van der Waals surface area contributed by atoms with Gasteiger partial charge in [0, 0.05) is 22.0 Å². The van der Waals surface area contributed by atoms with Crippen LogP contribution in [0.25, 0.3) is 17.0 Å². The van der Waals surface area contributed by atoms with Gasteiger partial charge in [0.1, 0.15) is 15.9 Å². The molecule has 1 unspecified atom stereocenters. The lowest BCUT2D eigenvalue weighted by Crippen LogP contribution is -2.44. The molecule has 1 aliphatic heterocycles. The van der Waals surface area contributed by atoms with Crippen molar-refractivity contribution in [3.8, 4) is 0 Å². The van der Waals surface area contributed by atoms with Crippen molar-refractivity contribution in [2.75, 3.05) is 5.32 Å². The minimum atomic E-state index is -0.777. The van der Waals surface area contributed by atoms with Crippen LogP contribution in [0.1, 0.15) is 11.8 Å². The van der Waals surface area contributed by atoms with E-state index >= 15 is 0 Å². The van der Waals surface area contributed by atoms with E-state index in [2.05, 4.69) is 5.32 Å². The van der Waals surface area contributed by atoms with E-state index in [-0.39, 0.29) is 11.8 Å². The van der Waals surface area contributed by atoms with Gasteiger partial charge in [-0.2, -0.15) is 0 Å². The predicted molar refractivity (Wildman–Crippen MR) is 120 cm³/mol. The summed E-state index contributed by atoms with van der Waals surface area (Å²) in [5.41, 5.74) is 0.523. The molecule has 3 aromatic rings. The van der Waals surface area contributed by atoms with E-state index in [1.54, 1.807) is 37.3 Å². The molecule has 1 aromatic carbocycles. The van der Waals surface area contributed by atoms with Gasteiger partial charge in [0.2, 0.25) is 5.91 Å². The molecule has 29 heavy (non-hydrogen) atoms. The minimum Gasteiger partial charge on any atom is -0.423 e. The number of thioether (sulfide) groups is 1. The van der Waals surface area contributed by atoms with Gasteiger partial charge >= 0.3 is 5.63 Å². The van der Waals surface area contributed by atoms with Gasteiger partial charge in [0.05, 0.1) is 4.91 Å². The fourth-order valence-corrected chi connectivity index (χ4v) is 4.97. The largest absolute Gasteiger partial charge is 0.423 e. The second kappa shape index (κ2) is 7.94. The van der Waals surface area contributed by atoms with Crippen LogP contribution in [0.15, 0.2) is 62.0 Å². The third-order valence-corrected chi connectivity index (χ3v) is 6.44. The Morgan fingerprint density at radius 1 is 1.24 bits per heavy atom. The lowest BCUT2D eigenvalue weighted by Gasteiger charge is -2.22. The quantitative estimate of drug-likeness (QED) is 0.373. The Kier molecular flexibility index (Phi) is 5.35. The van der Waals surface area contributed by atoms with E-state index in [9.17, 15) is 14.4 Å². The topological polar surface area (TPSA) is 79.6 Å². The first kappa shape index (κ1) is 19.6. The molecule has 1 aliphatic rings. The maximum Gasteiger partial charge on any atom is 0.336 e. The number of fused-ring (bicyclic) bond motifs is 1. The number of benzene rings is 1. The van der Waals surface area contributed by atoms with E-state index in [0.717, 1.165) is 4.88 Å². The molecular formula is C20H14N2O4S3. The van der Waals surface area contributed by atoms with Crippen LogP contribution in [0, 0.1) is 0 Å². The van der Waals surface area contributed by atoms with Crippen molar-refractivity contribution in [3.05, 3.63) is 68.0 Å². The molecule has 1 N–H and O–H groups in total. The van der Waals surface area contributed by atoms with Crippen molar-refractivity contribution < 1.29 is 14.0 Å². The van der Waals surface area contributed by atoms with Crippen molar-refractivity contribution >= 4 is 74.2 Å². The van der Waals surface area contributed by atoms with E-state index in [1.165, 1.54) is 34.1 Å². The molecule has 0 radical (unpaired) electrons. The zero-order valence-corrected chi connectivity index (χ0v) is 17.5. The number of hydrogen-bond acceptors (Lipinski definition) is 7. The Balaban J connectivity index is 1.51. The SMILES string of the molecule is CC(C(=O)Nc1ccc2oc(=O)ccc2c1)N1C(=O)C(=Cc2cccs2)SC1=S. The van der Waals surface area contributed by atoms with Crippen LogP contribution in [0.4, 0.5) is 5.69 Å². The smallest absolute Gasteiger partial charge is 0.336 e. The Labute approximate surface area is 179 Å². The molecule has 2 amide bonds. The summed E-state index contributed by atoms with van der Waals surface area (Å²) < 4.78 is 5.43. The van der Waals surface area contributed by atoms with Crippen LogP contribution in [0.5, 0.6) is 0 Å². The molecule has 1 saturated heterocycles. The van der Waals surface area contributed by atoms with Gasteiger partial charge in [-0.25, -0.2) is 4.79 Å². The number of thiophene rings is 1. The highest BCUT2D eigenvalue weighted by Gasteiger charge is 2.38. The van der Waals surface area contributed by atoms with Gasteiger partial charge in [-0.3, -0.25) is 14.5 Å². The molecule has 0 aliphatic carbocycles.